The zero-order valence-electron chi connectivity index (χ0n) is 11.2. The van der Waals surface area contributed by atoms with Gasteiger partial charge in [0.1, 0.15) is 6.10 Å². The molecule has 0 saturated heterocycles. The fourth-order valence-electron chi connectivity index (χ4n) is 1.71. The molecule has 0 bridgehead atoms. The van der Waals surface area contributed by atoms with E-state index in [4.69, 9.17) is 0 Å². The Bertz CT molecular complexity index is 576. The van der Waals surface area contributed by atoms with Gasteiger partial charge in [-0.05, 0) is 29.8 Å². The minimum Gasteiger partial charge on any atom is -0.378 e. The standard InChI is InChI=1S/C17H17NO/c1-18(2)16-11-8-14(9-12-16)10-13-17(19)15-6-4-3-5-7-15/h3-9,11-12,17,19H,1-2H3. The van der Waals surface area contributed by atoms with Crippen molar-refractivity contribution in [3.63, 3.8) is 0 Å². The molecule has 2 nitrogen and oxygen atoms in total. The quantitative estimate of drug-likeness (QED) is 0.830. The number of benzene rings is 2. The zero-order valence-corrected chi connectivity index (χ0v) is 11.2. The van der Waals surface area contributed by atoms with Crippen LogP contribution in [0.5, 0.6) is 0 Å². The molecule has 0 radical (unpaired) electrons. The number of aliphatic hydroxyl groups is 1. The topological polar surface area (TPSA) is 23.5 Å². The van der Waals surface area contributed by atoms with Crippen LogP contribution >= 0.6 is 0 Å². The predicted octanol–water partition coefficient (Wildman–Crippen LogP) is 2.84. The van der Waals surface area contributed by atoms with Crippen LogP contribution in [0.4, 0.5) is 5.69 Å². The molecule has 2 aromatic rings. The Balaban J connectivity index is 2.11. The van der Waals surface area contributed by atoms with E-state index in [9.17, 15) is 5.11 Å². The van der Waals surface area contributed by atoms with Gasteiger partial charge in [-0.25, -0.2) is 0 Å². The van der Waals surface area contributed by atoms with Gasteiger partial charge in [-0.2, -0.15) is 0 Å². The molecule has 0 aliphatic heterocycles. The molecule has 1 N–H and O–H groups in total. The van der Waals surface area contributed by atoms with E-state index in [2.05, 4.69) is 11.8 Å². The fraction of sp³-hybridized carbons (Fsp3) is 0.176. The van der Waals surface area contributed by atoms with Crippen LogP contribution in [-0.2, 0) is 0 Å². The molecule has 0 aliphatic rings. The first-order valence-corrected chi connectivity index (χ1v) is 6.19. The number of aliphatic hydroxyl groups excluding tert-OH is 1. The second-order valence-corrected chi connectivity index (χ2v) is 4.52. The Morgan fingerprint density at radius 1 is 0.947 bits per heavy atom. The lowest BCUT2D eigenvalue weighted by Crippen LogP contribution is -2.07. The Labute approximate surface area is 114 Å². The molecule has 2 heteroatoms. The summed E-state index contributed by atoms with van der Waals surface area (Å²) in [5.41, 5.74) is 2.86. The second kappa shape index (κ2) is 6.08. The molecule has 0 saturated carbocycles. The lowest BCUT2D eigenvalue weighted by atomic mass is 10.1. The molecule has 96 valence electrons. The molecule has 0 aliphatic carbocycles. The average molecular weight is 251 g/mol. The molecule has 0 spiro atoms. The van der Waals surface area contributed by atoms with Gasteiger partial charge in [0.25, 0.3) is 0 Å². The van der Waals surface area contributed by atoms with Gasteiger partial charge in [-0.15, -0.1) is 0 Å². The van der Waals surface area contributed by atoms with Crippen molar-refractivity contribution in [2.45, 2.75) is 6.10 Å². The number of hydrogen-bond donors (Lipinski definition) is 1. The van der Waals surface area contributed by atoms with Crippen molar-refractivity contribution in [3.8, 4) is 11.8 Å². The van der Waals surface area contributed by atoms with Gasteiger partial charge in [0, 0.05) is 25.3 Å². The molecule has 19 heavy (non-hydrogen) atoms. The van der Waals surface area contributed by atoms with Crippen LogP contribution in [0.25, 0.3) is 0 Å². The number of hydrogen-bond acceptors (Lipinski definition) is 2. The molecular weight excluding hydrogens is 234 g/mol. The second-order valence-electron chi connectivity index (χ2n) is 4.52. The fourth-order valence-corrected chi connectivity index (χ4v) is 1.71. The maximum absolute atomic E-state index is 9.94. The normalized spacial score (nSPS) is 11.3. The van der Waals surface area contributed by atoms with Gasteiger partial charge in [0.2, 0.25) is 0 Å². The highest BCUT2D eigenvalue weighted by Gasteiger charge is 2.01. The molecule has 0 aromatic heterocycles. The first-order valence-electron chi connectivity index (χ1n) is 6.19. The maximum atomic E-state index is 9.94. The van der Waals surface area contributed by atoms with Gasteiger partial charge >= 0.3 is 0 Å². The first kappa shape index (κ1) is 13.2. The maximum Gasteiger partial charge on any atom is 0.140 e. The van der Waals surface area contributed by atoms with Crippen molar-refractivity contribution in [3.05, 3.63) is 65.7 Å². The Hall–Kier alpha value is -2.24. The molecule has 1 atom stereocenters. The minimum atomic E-state index is -0.741. The van der Waals surface area contributed by atoms with Crippen LogP contribution in [0, 0.1) is 11.8 Å². The lowest BCUT2D eigenvalue weighted by molar-refractivity contribution is 0.238. The van der Waals surface area contributed by atoms with Crippen molar-refractivity contribution >= 4 is 5.69 Å². The van der Waals surface area contributed by atoms with E-state index in [-0.39, 0.29) is 0 Å². The summed E-state index contributed by atoms with van der Waals surface area (Å²) < 4.78 is 0. The van der Waals surface area contributed by atoms with E-state index < -0.39 is 6.10 Å². The van der Waals surface area contributed by atoms with Gasteiger partial charge in [0.15, 0.2) is 0 Å². The van der Waals surface area contributed by atoms with E-state index in [0.29, 0.717) is 0 Å². The third kappa shape index (κ3) is 3.61. The summed E-state index contributed by atoms with van der Waals surface area (Å²) in [5.74, 6) is 5.85. The van der Waals surface area contributed by atoms with Crippen molar-refractivity contribution in [1.82, 2.24) is 0 Å². The van der Waals surface area contributed by atoms with Gasteiger partial charge < -0.3 is 10.0 Å². The largest absolute Gasteiger partial charge is 0.378 e. The van der Waals surface area contributed by atoms with Crippen molar-refractivity contribution in [1.29, 1.82) is 0 Å². The summed E-state index contributed by atoms with van der Waals surface area (Å²) in [6.45, 7) is 0. The molecule has 1 unspecified atom stereocenters. The summed E-state index contributed by atoms with van der Waals surface area (Å²) in [4.78, 5) is 2.04. The third-order valence-corrected chi connectivity index (χ3v) is 2.85. The summed E-state index contributed by atoms with van der Waals surface area (Å²) in [5, 5.41) is 9.94. The summed E-state index contributed by atoms with van der Waals surface area (Å²) in [6.07, 6.45) is -0.741. The van der Waals surface area contributed by atoms with Gasteiger partial charge in [0.05, 0.1) is 0 Å². The Kier molecular flexibility index (Phi) is 4.22. The highest BCUT2D eigenvalue weighted by molar-refractivity contribution is 5.49. The first-order chi connectivity index (χ1) is 9.16. The molecule has 2 aromatic carbocycles. The predicted molar refractivity (Wildman–Crippen MR) is 79.0 cm³/mol. The summed E-state index contributed by atoms with van der Waals surface area (Å²) >= 11 is 0. The van der Waals surface area contributed by atoms with Crippen molar-refractivity contribution < 1.29 is 5.11 Å². The van der Waals surface area contributed by atoms with Crippen LogP contribution in [-0.4, -0.2) is 19.2 Å². The molecule has 2 rings (SSSR count). The van der Waals surface area contributed by atoms with E-state index in [1.807, 2.05) is 73.6 Å². The van der Waals surface area contributed by atoms with Crippen molar-refractivity contribution in [2.24, 2.45) is 0 Å². The number of rotatable bonds is 2. The van der Waals surface area contributed by atoms with Crippen molar-refractivity contribution in [2.75, 3.05) is 19.0 Å². The van der Waals surface area contributed by atoms with Gasteiger partial charge in [-0.1, -0.05) is 42.2 Å². The third-order valence-electron chi connectivity index (χ3n) is 2.85. The Morgan fingerprint density at radius 3 is 2.16 bits per heavy atom. The monoisotopic (exact) mass is 251 g/mol. The number of anilines is 1. The van der Waals surface area contributed by atoms with E-state index >= 15 is 0 Å². The highest BCUT2D eigenvalue weighted by Crippen LogP contribution is 2.13. The molecule has 0 amide bonds. The van der Waals surface area contributed by atoms with Crippen LogP contribution in [0.1, 0.15) is 17.2 Å². The van der Waals surface area contributed by atoms with E-state index in [0.717, 1.165) is 16.8 Å². The molecular formula is C17H17NO. The summed E-state index contributed by atoms with van der Waals surface area (Å²) in [7, 11) is 4.00. The SMILES string of the molecule is CN(C)c1ccc(C#CC(O)c2ccccc2)cc1. The van der Waals surface area contributed by atoms with E-state index in [1.165, 1.54) is 0 Å². The minimum absolute atomic E-state index is 0.741. The van der Waals surface area contributed by atoms with Gasteiger partial charge in [-0.3, -0.25) is 0 Å². The average Bonchev–Trinajstić information content (AvgIpc) is 2.46. The Morgan fingerprint density at radius 2 is 1.58 bits per heavy atom. The smallest absolute Gasteiger partial charge is 0.140 e. The number of nitrogens with zero attached hydrogens (tertiary/aromatic N) is 1. The van der Waals surface area contributed by atoms with Crippen LogP contribution in [0.2, 0.25) is 0 Å². The lowest BCUT2D eigenvalue weighted by Gasteiger charge is -2.11. The van der Waals surface area contributed by atoms with E-state index in [1.54, 1.807) is 0 Å². The van der Waals surface area contributed by atoms with Crippen LogP contribution in [0.3, 0.4) is 0 Å². The summed E-state index contributed by atoms with van der Waals surface area (Å²) in [6, 6.07) is 17.4. The highest BCUT2D eigenvalue weighted by atomic mass is 16.3. The zero-order chi connectivity index (χ0) is 13.7. The molecule has 0 heterocycles. The van der Waals surface area contributed by atoms with Crippen LogP contribution < -0.4 is 4.90 Å². The van der Waals surface area contributed by atoms with Crippen LogP contribution in [0.15, 0.2) is 54.6 Å². The molecule has 0 fully saturated rings.